The van der Waals surface area contributed by atoms with Gasteiger partial charge in [0.05, 0.1) is 25.5 Å². The van der Waals surface area contributed by atoms with Gasteiger partial charge in [-0.2, -0.15) is 0 Å². The molecular formula is C19H23N3O4. The van der Waals surface area contributed by atoms with Gasteiger partial charge in [-0.15, -0.1) is 0 Å². The smallest absolute Gasteiger partial charge is 0.329 e. The number of rotatable bonds is 4. The summed E-state index contributed by atoms with van der Waals surface area (Å²) in [6.45, 7) is 6.19. The Kier molecular flexibility index (Phi) is 6.54. The highest BCUT2D eigenvalue weighted by atomic mass is 16.5. The third-order valence-electron chi connectivity index (χ3n) is 3.42. The summed E-state index contributed by atoms with van der Waals surface area (Å²) in [5.74, 6) is 1.35. The van der Waals surface area contributed by atoms with Crippen LogP contribution in [-0.4, -0.2) is 30.6 Å². The molecule has 26 heavy (non-hydrogen) atoms. The van der Waals surface area contributed by atoms with Crippen molar-refractivity contribution in [2.45, 2.75) is 27.2 Å². The lowest BCUT2D eigenvalue weighted by molar-refractivity contribution is -0.115. The van der Waals surface area contributed by atoms with E-state index in [2.05, 4.69) is 24.1 Å². The molecule has 1 fully saturated rings. The molecule has 1 N–H and O–H groups in total. The third kappa shape index (κ3) is 4.50. The van der Waals surface area contributed by atoms with Crippen molar-refractivity contribution in [1.82, 2.24) is 10.3 Å². The third-order valence-corrected chi connectivity index (χ3v) is 3.42. The van der Waals surface area contributed by atoms with E-state index in [-0.39, 0.29) is 12.5 Å². The van der Waals surface area contributed by atoms with Crippen molar-refractivity contribution in [1.29, 1.82) is 0 Å². The molecule has 0 aliphatic carbocycles. The van der Waals surface area contributed by atoms with E-state index in [4.69, 9.17) is 9.47 Å². The second-order valence-electron chi connectivity index (χ2n) is 5.68. The van der Waals surface area contributed by atoms with Gasteiger partial charge in [0.15, 0.2) is 0 Å². The van der Waals surface area contributed by atoms with Crippen LogP contribution in [0, 0.1) is 6.92 Å². The predicted molar refractivity (Wildman–Crippen MR) is 98.9 cm³/mol. The number of carbonyl (C=O) groups excluding carboxylic acids is 2. The fourth-order valence-corrected chi connectivity index (χ4v) is 2.23. The van der Waals surface area contributed by atoms with E-state index < -0.39 is 6.03 Å². The van der Waals surface area contributed by atoms with Crippen LogP contribution < -0.4 is 19.7 Å². The van der Waals surface area contributed by atoms with Crippen LogP contribution in [-0.2, 0) is 4.79 Å². The first-order chi connectivity index (χ1) is 12.5. The lowest BCUT2D eigenvalue weighted by Crippen LogP contribution is -2.30. The molecule has 0 radical (unpaired) electrons. The number of amides is 3. The first-order valence-corrected chi connectivity index (χ1v) is 8.39. The van der Waals surface area contributed by atoms with Gasteiger partial charge in [0.25, 0.3) is 5.91 Å². The number of methoxy groups -OCH3 is 1. The SMILES string of the molecule is CCC.COc1cc(Oc2ccc(N3C(=O)CNC3=O)cn2)ccc1C. The molecule has 0 bridgehead atoms. The Balaban J connectivity index is 0.000000758. The van der Waals surface area contributed by atoms with E-state index in [1.54, 1.807) is 25.3 Å². The summed E-state index contributed by atoms with van der Waals surface area (Å²) in [7, 11) is 1.59. The number of ether oxygens (including phenoxy) is 2. The minimum Gasteiger partial charge on any atom is -0.496 e. The van der Waals surface area contributed by atoms with Crippen LogP contribution >= 0.6 is 0 Å². The molecule has 7 heteroatoms. The molecule has 1 aromatic carbocycles. The molecule has 3 rings (SSSR count). The van der Waals surface area contributed by atoms with Crippen molar-refractivity contribution >= 4 is 17.6 Å². The quantitative estimate of drug-likeness (QED) is 0.845. The zero-order valence-electron chi connectivity index (χ0n) is 15.4. The van der Waals surface area contributed by atoms with Gasteiger partial charge in [-0.3, -0.25) is 4.79 Å². The highest BCUT2D eigenvalue weighted by Gasteiger charge is 2.30. The normalized spacial score (nSPS) is 13.0. The standard InChI is InChI=1S/C16H15N3O4.C3H8/c1-10-3-5-12(7-13(10)22-2)23-14-6-4-11(8-17-14)19-15(20)9-18-16(19)21;1-3-2/h3-8H,9H2,1-2H3,(H,18,21);3H2,1-2H3. The number of nitrogens with zero attached hydrogens (tertiary/aromatic N) is 2. The van der Waals surface area contributed by atoms with Gasteiger partial charge < -0.3 is 14.8 Å². The lowest BCUT2D eigenvalue weighted by Gasteiger charge is -2.13. The van der Waals surface area contributed by atoms with Gasteiger partial charge >= 0.3 is 6.03 Å². The summed E-state index contributed by atoms with van der Waals surface area (Å²) in [5, 5.41) is 2.45. The Morgan fingerprint density at radius 1 is 1.19 bits per heavy atom. The molecule has 0 saturated carbocycles. The summed E-state index contributed by atoms with van der Waals surface area (Å²) in [5.41, 5.74) is 1.40. The number of hydrogen-bond acceptors (Lipinski definition) is 5. The van der Waals surface area contributed by atoms with Crippen molar-refractivity contribution in [2.75, 3.05) is 18.6 Å². The number of pyridine rings is 1. The van der Waals surface area contributed by atoms with E-state index >= 15 is 0 Å². The Hall–Kier alpha value is -3.09. The maximum atomic E-state index is 11.6. The van der Waals surface area contributed by atoms with Gasteiger partial charge in [-0.25, -0.2) is 14.7 Å². The molecule has 138 valence electrons. The van der Waals surface area contributed by atoms with E-state index in [1.807, 2.05) is 19.1 Å². The average molecular weight is 357 g/mol. The number of nitrogens with one attached hydrogen (secondary N) is 1. The number of urea groups is 1. The highest BCUT2D eigenvalue weighted by molar-refractivity contribution is 6.19. The summed E-state index contributed by atoms with van der Waals surface area (Å²) in [6, 6.07) is 8.22. The Morgan fingerprint density at radius 2 is 1.92 bits per heavy atom. The van der Waals surface area contributed by atoms with Crippen molar-refractivity contribution < 1.29 is 19.1 Å². The number of aryl methyl sites for hydroxylation is 1. The summed E-state index contributed by atoms with van der Waals surface area (Å²) >= 11 is 0. The molecule has 7 nitrogen and oxygen atoms in total. The highest BCUT2D eigenvalue weighted by Crippen LogP contribution is 2.28. The molecule has 3 amide bonds. The van der Waals surface area contributed by atoms with E-state index in [1.165, 1.54) is 12.6 Å². The fraction of sp³-hybridized carbons (Fsp3) is 0.316. The Morgan fingerprint density at radius 3 is 2.46 bits per heavy atom. The van der Waals surface area contributed by atoms with Crippen molar-refractivity contribution in [3.05, 3.63) is 42.1 Å². The first-order valence-electron chi connectivity index (χ1n) is 8.39. The van der Waals surface area contributed by atoms with Crippen LogP contribution in [0.4, 0.5) is 10.5 Å². The monoisotopic (exact) mass is 357 g/mol. The number of imide groups is 1. The topological polar surface area (TPSA) is 80.8 Å². The predicted octanol–water partition coefficient (Wildman–Crippen LogP) is 3.66. The van der Waals surface area contributed by atoms with Crippen LogP contribution in [0.15, 0.2) is 36.5 Å². The molecule has 1 saturated heterocycles. The van der Waals surface area contributed by atoms with Crippen molar-refractivity contribution in [3.63, 3.8) is 0 Å². The van der Waals surface area contributed by atoms with Crippen LogP contribution in [0.1, 0.15) is 25.8 Å². The van der Waals surface area contributed by atoms with Gasteiger partial charge in [0.1, 0.15) is 11.5 Å². The minimum absolute atomic E-state index is 0.000244. The summed E-state index contributed by atoms with van der Waals surface area (Å²) < 4.78 is 10.9. The Labute approximate surface area is 152 Å². The number of benzene rings is 1. The summed E-state index contributed by atoms with van der Waals surface area (Å²) in [6.07, 6.45) is 2.67. The summed E-state index contributed by atoms with van der Waals surface area (Å²) in [4.78, 5) is 28.4. The van der Waals surface area contributed by atoms with Crippen LogP contribution in [0.25, 0.3) is 0 Å². The molecule has 2 aromatic rings. The first kappa shape index (κ1) is 19.2. The van der Waals surface area contributed by atoms with E-state index in [0.29, 0.717) is 17.3 Å². The molecule has 0 unspecified atom stereocenters. The molecule has 2 heterocycles. The number of carbonyl (C=O) groups is 2. The lowest BCUT2D eigenvalue weighted by atomic mass is 10.2. The fourth-order valence-electron chi connectivity index (χ4n) is 2.23. The van der Waals surface area contributed by atoms with Gasteiger partial charge in [0, 0.05) is 12.1 Å². The second-order valence-corrected chi connectivity index (χ2v) is 5.68. The number of aromatic nitrogens is 1. The largest absolute Gasteiger partial charge is 0.496 e. The second kappa shape index (κ2) is 8.84. The zero-order valence-corrected chi connectivity index (χ0v) is 15.4. The molecule has 0 spiro atoms. The van der Waals surface area contributed by atoms with E-state index in [9.17, 15) is 9.59 Å². The Bertz CT molecular complexity index is 759. The average Bonchev–Trinajstić information content (AvgIpc) is 2.97. The van der Waals surface area contributed by atoms with Gasteiger partial charge in [-0.1, -0.05) is 26.3 Å². The van der Waals surface area contributed by atoms with E-state index in [0.717, 1.165) is 16.2 Å². The maximum Gasteiger partial charge on any atom is 0.329 e. The maximum absolute atomic E-state index is 11.6. The van der Waals surface area contributed by atoms with Crippen molar-refractivity contribution in [3.8, 4) is 17.4 Å². The number of hydrogen-bond donors (Lipinski definition) is 1. The molecule has 1 aromatic heterocycles. The minimum atomic E-state index is -0.450. The van der Waals surface area contributed by atoms with Crippen LogP contribution in [0.5, 0.6) is 17.4 Å². The molecule has 1 aliphatic rings. The molecule has 0 atom stereocenters. The molecule has 1 aliphatic heterocycles. The van der Waals surface area contributed by atoms with Crippen LogP contribution in [0.3, 0.4) is 0 Å². The van der Waals surface area contributed by atoms with Crippen LogP contribution in [0.2, 0.25) is 0 Å². The molecular weight excluding hydrogens is 334 g/mol. The van der Waals surface area contributed by atoms with Gasteiger partial charge in [0.2, 0.25) is 5.88 Å². The zero-order chi connectivity index (χ0) is 19.1. The van der Waals surface area contributed by atoms with Gasteiger partial charge in [-0.05, 0) is 24.6 Å². The number of anilines is 1. The van der Waals surface area contributed by atoms with Crippen molar-refractivity contribution in [2.24, 2.45) is 0 Å².